The molecule has 3 aromatic rings. The Bertz CT molecular complexity index is 1060. The zero-order valence-electron chi connectivity index (χ0n) is 14.7. The number of hydrogen-bond donors (Lipinski definition) is 1. The molecule has 2 aromatic carbocycles. The lowest BCUT2D eigenvalue weighted by atomic mass is 10.2. The topological polar surface area (TPSA) is 112 Å². The Hall–Kier alpha value is -3.14. The maximum absolute atomic E-state index is 12.0. The maximum atomic E-state index is 12.0. The van der Waals surface area contributed by atoms with E-state index >= 15 is 0 Å². The summed E-state index contributed by atoms with van der Waals surface area (Å²) in [7, 11) is -1.79. The van der Waals surface area contributed by atoms with E-state index in [0.29, 0.717) is 17.6 Å². The van der Waals surface area contributed by atoms with E-state index in [4.69, 9.17) is 9.57 Å². The minimum Gasteiger partial charge on any atom is -0.497 e. The van der Waals surface area contributed by atoms with Gasteiger partial charge in [0, 0.05) is 12.8 Å². The Morgan fingerprint density at radius 1 is 1.19 bits per heavy atom. The zero-order chi connectivity index (χ0) is 19.4. The molecule has 0 saturated carbocycles. The number of carbonyl (C=O) groups is 1. The summed E-state index contributed by atoms with van der Waals surface area (Å²) in [6.07, 6.45) is 1.11. The van der Waals surface area contributed by atoms with Crippen LogP contribution in [-0.2, 0) is 21.2 Å². The van der Waals surface area contributed by atoms with E-state index in [1.54, 1.807) is 19.2 Å². The number of carbonyl (C=O) groups excluding carboxylic acids is 1. The van der Waals surface area contributed by atoms with Crippen LogP contribution in [0, 0.1) is 0 Å². The number of rotatable bonds is 7. The van der Waals surface area contributed by atoms with Crippen molar-refractivity contribution in [3.05, 3.63) is 48.0 Å². The molecule has 0 aliphatic heterocycles. The second kappa shape index (κ2) is 7.62. The van der Waals surface area contributed by atoms with Gasteiger partial charge in [-0.25, -0.2) is 8.42 Å². The Balaban J connectivity index is 1.61. The van der Waals surface area contributed by atoms with Crippen molar-refractivity contribution in [2.75, 3.05) is 20.0 Å². The van der Waals surface area contributed by atoms with Gasteiger partial charge in [0.1, 0.15) is 16.8 Å². The lowest BCUT2D eigenvalue weighted by Gasteiger charge is -2.08. The van der Waals surface area contributed by atoms with Gasteiger partial charge in [0.2, 0.25) is 0 Å². The van der Waals surface area contributed by atoms with Gasteiger partial charge in [0.25, 0.3) is 5.91 Å². The summed E-state index contributed by atoms with van der Waals surface area (Å²) in [5.41, 5.74) is 1.73. The average molecular weight is 390 g/mol. The molecule has 0 atom stereocenters. The molecule has 1 amide bonds. The van der Waals surface area contributed by atoms with E-state index in [1.165, 1.54) is 18.2 Å². The van der Waals surface area contributed by atoms with Gasteiger partial charge in [-0.1, -0.05) is 17.0 Å². The second-order valence-corrected chi connectivity index (χ2v) is 7.80. The molecule has 0 radical (unpaired) electrons. The van der Waals surface area contributed by atoms with E-state index in [1.807, 2.05) is 12.1 Å². The smallest absolute Gasteiger partial charge is 0.261 e. The SMILES string of the molecule is COc1ccc(CNC(=O)COn2nnc3ccc(S(C)(=O)=O)cc32)cc1. The summed E-state index contributed by atoms with van der Waals surface area (Å²) in [6, 6.07) is 11.7. The van der Waals surface area contributed by atoms with Gasteiger partial charge in [-0.15, -0.1) is 5.10 Å². The predicted molar refractivity (Wildman–Crippen MR) is 96.9 cm³/mol. The van der Waals surface area contributed by atoms with Crippen LogP contribution in [0.15, 0.2) is 47.4 Å². The molecule has 1 heterocycles. The number of sulfone groups is 1. The average Bonchev–Trinajstić information content (AvgIpc) is 3.06. The Kier molecular flexibility index (Phi) is 5.26. The van der Waals surface area contributed by atoms with Crippen molar-refractivity contribution in [1.82, 2.24) is 20.5 Å². The number of nitrogens with zero attached hydrogens (tertiary/aromatic N) is 3. The zero-order valence-corrected chi connectivity index (χ0v) is 15.6. The van der Waals surface area contributed by atoms with E-state index in [-0.39, 0.29) is 17.4 Å². The first-order valence-electron chi connectivity index (χ1n) is 7.95. The normalized spacial score (nSPS) is 11.3. The second-order valence-electron chi connectivity index (χ2n) is 5.78. The van der Waals surface area contributed by atoms with E-state index in [9.17, 15) is 13.2 Å². The van der Waals surface area contributed by atoms with Crippen LogP contribution in [0.1, 0.15) is 5.56 Å². The van der Waals surface area contributed by atoms with E-state index in [2.05, 4.69) is 15.6 Å². The molecule has 0 aliphatic carbocycles. The number of benzene rings is 2. The maximum Gasteiger partial charge on any atom is 0.261 e. The third-order valence-corrected chi connectivity index (χ3v) is 4.89. The third-order valence-electron chi connectivity index (χ3n) is 3.78. The molecule has 0 saturated heterocycles. The van der Waals surface area contributed by atoms with Gasteiger partial charge >= 0.3 is 0 Å². The van der Waals surface area contributed by atoms with Gasteiger partial charge in [-0.3, -0.25) is 4.79 Å². The molecule has 0 spiro atoms. The van der Waals surface area contributed by atoms with Gasteiger partial charge in [0.05, 0.1) is 12.0 Å². The van der Waals surface area contributed by atoms with Gasteiger partial charge < -0.3 is 14.9 Å². The van der Waals surface area contributed by atoms with Crippen LogP contribution in [0.4, 0.5) is 0 Å². The van der Waals surface area contributed by atoms with E-state index in [0.717, 1.165) is 22.4 Å². The highest BCUT2D eigenvalue weighted by Gasteiger charge is 2.13. The summed E-state index contributed by atoms with van der Waals surface area (Å²) < 4.78 is 28.4. The standard InChI is InChI=1S/C17H18N4O5S/c1-25-13-5-3-12(4-6-13)10-18-17(22)11-26-21-16-9-14(27(2,23)24)7-8-15(16)19-20-21/h3-9H,10-11H2,1-2H3,(H,18,22). The molecule has 9 nitrogen and oxygen atoms in total. The fraction of sp³-hybridized carbons (Fsp3) is 0.235. The minimum absolute atomic E-state index is 0.117. The number of ether oxygens (including phenoxy) is 1. The number of amides is 1. The molecule has 10 heteroatoms. The number of aromatic nitrogens is 3. The fourth-order valence-corrected chi connectivity index (χ4v) is 2.96. The highest BCUT2D eigenvalue weighted by atomic mass is 32.2. The molecular weight excluding hydrogens is 372 g/mol. The first-order valence-corrected chi connectivity index (χ1v) is 9.84. The molecule has 142 valence electrons. The summed E-state index contributed by atoms with van der Waals surface area (Å²) in [5, 5.41) is 10.4. The molecule has 0 bridgehead atoms. The lowest BCUT2D eigenvalue weighted by molar-refractivity contribution is -0.126. The first kappa shape index (κ1) is 18.6. The molecule has 1 aromatic heterocycles. The van der Waals surface area contributed by atoms with Crippen molar-refractivity contribution in [2.45, 2.75) is 11.4 Å². The molecule has 27 heavy (non-hydrogen) atoms. The van der Waals surface area contributed by atoms with Crippen molar-refractivity contribution in [2.24, 2.45) is 0 Å². The van der Waals surface area contributed by atoms with Crippen LogP contribution in [-0.4, -0.2) is 49.5 Å². The molecule has 0 fully saturated rings. The monoisotopic (exact) mass is 390 g/mol. The largest absolute Gasteiger partial charge is 0.497 e. The molecule has 1 N–H and O–H groups in total. The lowest BCUT2D eigenvalue weighted by Crippen LogP contribution is -2.31. The summed E-state index contributed by atoms with van der Waals surface area (Å²) >= 11 is 0. The molecular formula is C17H18N4O5S. The van der Waals surface area contributed by atoms with Crippen molar-refractivity contribution in [1.29, 1.82) is 0 Å². The van der Waals surface area contributed by atoms with Crippen LogP contribution in [0.2, 0.25) is 0 Å². The summed E-state index contributed by atoms with van der Waals surface area (Å²) in [6.45, 7) is 0.0419. The summed E-state index contributed by atoms with van der Waals surface area (Å²) in [5.74, 6) is 0.383. The van der Waals surface area contributed by atoms with Crippen LogP contribution >= 0.6 is 0 Å². The van der Waals surface area contributed by atoms with Gasteiger partial charge in [-0.2, -0.15) is 0 Å². The summed E-state index contributed by atoms with van der Waals surface area (Å²) in [4.78, 5) is 18.5. The highest BCUT2D eigenvalue weighted by molar-refractivity contribution is 7.90. The fourth-order valence-electron chi connectivity index (χ4n) is 2.32. The van der Waals surface area contributed by atoms with Crippen LogP contribution in [0.3, 0.4) is 0 Å². The van der Waals surface area contributed by atoms with Crippen molar-refractivity contribution >= 4 is 26.8 Å². The number of fused-ring (bicyclic) bond motifs is 1. The predicted octanol–water partition coefficient (Wildman–Crippen LogP) is 0.588. The third kappa shape index (κ3) is 4.53. The Morgan fingerprint density at radius 3 is 2.59 bits per heavy atom. The Morgan fingerprint density at radius 2 is 1.93 bits per heavy atom. The number of nitrogens with one attached hydrogen (secondary N) is 1. The Labute approximate surface area is 155 Å². The number of methoxy groups -OCH3 is 1. The number of hydrogen-bond acceptors (Lipinski definition) is 7. The first-order chi connectivity index (χ1) is 12.9. The highest BCUT2D eigenvalue weighted by Crippen LogP contribution is 2.16. The van der Waals surface area contributed by atoms with Crippen LogP contribution < -0.4 is 14.9 Å². The van der Waals surface area contributed by atoms with Crippen LogP contribution in [0.5, 0.6) is 5.75 Å². The quantitative estimate of drug-likeness (QED) is 0.628. The van der Waals surface area contributed by atoms with Crippen molar-refractivity contribution < 1.29 is 22.8 Å². The van der Waals surface area contributed by atoms with E-state index < -0.39 is 9.84 Å². The van der Waals surface area contributed by atoms with Crippen LogP contribution in [0.25, 0.3) is 11.0 Å². The van der Waals surface area contributed by atoms with Gasteiger partial charge in [-0.05, 0) is 41.1 Å². The van der Waals surface area contributed by atoms with Gasteiger partial charge in [0.15, 0.2) is 16.4 Å². The van der Waals surface area contributed by atoms with Crippen molar-refractivity contribution in [3.8, 4) is 5.75 Å². The van der Waals surface area contributed by atoms with Crippen molar-refractivity contribution in [3.63, 3.8) is 0 Å². The minimum atomic E-state index is -3.38. The molecule has 0 aliphatic rings. The molecule has 3 rings (SSSR count). The molecule has 0 unspecified atom stereocenters.